The van der Waals surface area contributed by atoms with Crippen LogP contribution in [0, 0.1) is 13.8 Å². The molecule has 4 heterocycles. The van der Waals surface area contributed by atoms with E-state index < -0.39 is 0 Å². The van der Waals surface area contributed by atoms with Crippen molar-refractivity contribution in [3.63, 3.8) is 0 Å². The summed E-state index contributed by atoms with van der Waals surface area (Å²) in [5.74, 6) is -0.0533. The molecular weight excluding hydrogens is 525 g/mol. The summed E-state index contributed by atoms with van der Waals surface area (Å²) >= 11 is 7.45. The number of nitrogens with zero attached hydrogens (tertiary/aromatic N) is 4. The predicted octanol–water partition coefficient (Wildman–Crippen LogP) is 6.10. The molecule has 9 heteroatoms. The van der Waals surface area contributed by atoms with Gasteiger partial charge in [0.1, 0.15) is 0 Å². The fourth-order valence-electron chi connectivity index (χ4n) is 5.46. The number of hydrogen-bond donors (Lipinski definition) is 2. The molecule has 0 unspecified atom stereocenters. The first-order chi connectivity index (χ1) is 19.0. The predicted molar refractivity (Wildman–Crippen MR) is 160 cm³/mol. The number of rotatable bonds is 7. The molecule has 7 nitrogen and oxygen atoms in total. The number of thiocarbonyl (C=S) groups is 1. The molecule has 39 heavy (non-hydrogen) atoms. The maximum Gasteiger partial charge on any atom is 0.226 e. The van der Waals surface area contributed by atoms with Crippen LogP contribution in [0.3, 0.4) is 0 Å². The monoisotopic (exact) mass is 552 g/mol. The summed E-state index contributed by atoms with van der Waals surface area (Å²) in [4.78, 5) is 24.5. The van der Waals surface area contributed by atoms with Crippen LogP contribution >= 0.6 is 23.6 Å². The van der Waals surface area contributed by atoms with Crippen molar-refractivity contribution in [2.75, 3.05) is 11.9 Å². The Morgan fingerprint density at radius 2 is 1.87 bits per heavy atom. The summed E-state index contributed by atoms with van der Waals surface area (Å²) in [5, 5.41) is 12.3. The van der Waals surface area contributed by atoms with E-state index in [1.165, 1.54) is 0 Å². The van der Waals surface area contributed by atoms with Crippen molar-refractivity contribution >= 4 is 51.0 Å². The number of carbonyl (C=O) groups is 1. The topological polar surface area (TPSA) is 75.1 Å². The largest absolute Gasteiger partial charge is 0.352 e. The van der Waals surface area contributed by atoms with Crippen LogP contribution in [0.4, 0.5) is 5.69 Å². The van der Waals surface area contributed by atoms with Gasteiger partial charge in [-0.2, -0.15) is 0 Å². The van der Waals surface area contributed by atoms with Gasteiger partial charge in [-0.1, -0.05) is 42.5 Å². The molecule has 2 atom stereocenters. The Labute approximate surface area is 236 Å². The van der Waals surface area contributed by atoms with Crippen molar-refractivity contribution in [1.82, 2.24) is 24.8 Å². The molecule has 3 aromatic heterocycles. The second-order valence-corrected chi connectivity index (χ2v) is 10.9. The normalized spacial score (nSPS) is 17.0. The van der Waals surface area contributed by atoms with E-state index in [4.69, 9.17) is 12.2 Å². The minimum absolute atomic E-state index is 0.0533. The van der Waals surface area contributed by atoms with Gasteiger partial charge in [0.2, 0.25) is 5.91 Å². The summed E-state index contributed by atoms with van der Waals surface area (Å²) in [6, 6.07) is 21.8. The van der Waals surface area contributed by atoms with Crippen molar-refractivity contribution in [3.8, 4) is 5.13 Å². The number of benzene rings is 2. The van der Waals surface area contributed by atoms with Crippen LogP contribution in [-0.2, 0) is 4.79 Å². The number of carbonyl (C=O) groups excluding carboxylic acids is 1. The molecule has 1 amide bonds. The third-order valence-electron chi connectivity index (χ3n) is 7.24. The quantitative estimate of drug-likeness (QED) is 0.238. The van der Waals surface area contributed by atoms with Gasteiger partial charge in [-0.3, -0.25) is 14.3 Å². The Morgan fingerprint density at radius 1 is 1.05 bits per heavy atom. The molecule has 0 aliphatic carbocycles. The van der Waals surface area contributed by atoms with E-state index in [0.29, 0.717) is 18.1 Å². The molecule has 1 aliphatic rings. The van der Waals surface area contributed by atoms with E-state index in [0.717, 1.165) is 44.2 Å². The summed E-state index contributed by atoms with van der Waals surface area (Å²) in [6.07, 6.45) is 3.92. The molecular formula is C30H28N6OS2. The highest BCUT2D eigenvalue weighted by Gasteiger charge is 2.41. The third kappa shape index (κ3) is 4.79. The Bertz CT molecular complexity index is 1640. The van der Waals surface area contributed by atoms with Gasteiger partial charge in [-0.15, -0.1) is 11.3 Å². The van der Waals surface area contributed by atoms with E-state index in [1.807, 2.05) is 72.2 Å². The van der Waals surface area contributed by atoms with Crippen molar-refractivity contribution in [3.05, 3.63) is 107 Å². The summed E-state index contributed by atoms with van der Waals surface area (Å²) < 4.78 is 2.18. The number of thiazole rings is 1. The van der Waals surface area contributed by atoms with Gasteiger partial charge < -0.3 is 15.5 Å². The van der Waals surface area contributed by atoms with E-state index in [1.54, 1.807) is 17.5 Å². The minimum Gasteiger partial charge on any atom is -0.352 e. The van der Waals surface area contributed by atoms with Crippen molar-refractivity contribution in [1.29, 1.82) is 0 Å². The number of fused-ring (bicyclic) bond motifs is 1. The van der Waals surface area contributed by atoms with Gasteiger partial charge in [0.25, 0.3) is 0 Å². The second kappa shape index (κ2) is 10.6. The summed E-state index contributed by atoms with van der Waals surface area (Å²) in [5.41, 5.74) is 5.07. The van der Waals surface area contributed by atoms with Crippen LogP contribution in [0.1, 0.15) is 41.1 Å². The van der Waals surface area contributed by atoms with Crippen LogP contribution in [-0.4, -0.2) is 37.0 Å². The van der Waals surface area contributed by atoms with Gasteiger partial charge >= 0.3 is 0 Å². The number of hydrogen-bond acceptors (Lipinski definition) is 5. The maximum atomic E-state index is 13.2. The highest BCUT2D eigenvalue weighted by Crippen LogP contribution is 2.41. The lowest BCUT2D eigenvalue weighted by Gasteiger charge is -2.28. The molecule has 1 fully saturated rings. The van der Waals surface area contributed by atoms with Gasteiger partial charge in [-0.05, 0) is 61.3 Å². The van der Waals surface area contributed by atoms with Gasteiger partial charge in [0.15, 0.2) is 10.2 Å². The van der Waals surface area contributed by atoms with Gasteiger partial charge in [-0.25, -0.2) is 4.98 Å². The molecule has 196 valence electrons. The maximum absolute atomic E-state index is 13.2. The Morgan fingerprint density at radius 3 is 2.67 bits per heavy atom. The molecule has 1 aliphatic heterocycles. The van der Waals surface area contributed by atoms with Crippen LogP contribution < -0.4 is 10.6 Å². The first-order valence-corrected chi connectivity index (χ1v) is 14.1. The lowest BCUT2D eigenvalue weighted by molar-refractivity contribution is -0.116. The van der Waals surface area contributed by atoms with E-state index in [-0.39, 0.29) is 18.0 Å². The highest BCUT2D eigenvalue weighted by molar-refractivity contribution is 7.80. The number of aromatic nitrogens is 3. The molecule has 0 bridgehead atoms. The number of anilines is 1. The first-order valence-electron chi connectivity index (χ1n) is 12.9. The molecule has 0 radical (unpaired) electrons. The first kappa shape index (κ1) is 25.2. The zero-order chi connectivity index (χ0) is 26.9. The molecule has 0 spiro atoms. The molecule has 2 N–H and O–H groups in total. The molecule has 1 saturated heterocycles. The molecule has 2 aromatic carbocycles. The third-order valence-corrected chi connectivity index (χ3v) is 8.35. The van der Waals surface area contributed by atoms with Crippen LogP contribution in [0.25, 0.3) is 15.9 Å². The number of aryl methyl sites for hydroxylation is 1. The second-order valence-electron chi connectivity index (χ2n) is 9.62. The lowest BCUT2D eigenvalue weighted by Crippen LogP contribution is -2.33. The van der Waals surface area contributed by atoms with Crippen LogP contribution in [0.5, 0.6) is 0 Å². The fourth-order valence-corrected chi connectivity index (χ4v) is 6.54. The lowest BCUT2D eigenvalue weighted by atomic mass is 9.96. The Hall–Kier alpha value is -4.08. The van der Waals surface area contributed by atoms with E-state index >= 15 is 0 Å². The minimum atomic E-state index is -0.148. The van der Waals surface area contributed by atoms with E-state index in [2.05, 4.69) is 50.0 Å². The zero-order valence-electron chi connectivity index (χ0n) is 21.7. The summed E-state index contributed by atoms with van der Waals surface area (Å²) in [7, 11) is 0. The number of nitrogens with one attached hydrogen (secondary N) is 2. The van der Waals surface area contributed by atoms with Crippen molar-refractivity contribution < 1.29 is 4.79 Å². The smallest absolute Gasteiger partial charge is 0.226 e. The zero-order valence-corrected chi connectivity index (χ0v) is 23.3. The van der Waals surface area contributed by atoms with Crippen LogP contribution in [0.2, 0.25) is 0 Å². The van der Waals surface area contributed by atoms with Crippen molar-refractivity contribution in [2.24, 2.45) is 0 Å². The van der Waals surface area contributed by atoms with Crippen LogP contribution in [0.15, 0.2) is 84.5 Å². The Kier molecular flexibility index (Phi) is 6.85. The molecule has 5 aromatic rings. The van der Waals surface area contributed by atoms with Gasteiger partial charge in [0, 0.05) is 53.2 Å². The average Bonchev–Trinajstić information content (AvgIpc) is 3.66. The van der Waals surface area contributed by atoms with E-state index in [9.17, 15) is 4.79 Å². The highest BCUT2D eigenvalue weighted by atomic mass is 32.1. The van der Waals surface area contributed by atoms with Crippen molar-refractivity contribution in [2.45, 2.75) is 32.4 Å². The average molecular weight is 553 g/mol. The fraction of sp³-hybridized carbons (Fsp3) is 0.200. The number of pyridine rings is 1. The molecule has 6 rings (SSSR count). The SMILES string of the molecule is Cc1cc([C@@H]2[C@H](c3ccccn3)NC(=S)N2CCC(=O)Nc2cccc3ccccc23)c(C)n1-c1nccs1. The van der Waals surface area contributed by atoms with Gasteiger partial charge in [0.05, 0.1) is 17.8 Å². The molecule has 0 saturated carbocycles. The summed E-state index contributed by atoms with van der Waals surface area (Å²) in [6.45, 7) is 4.68. The Balaban J connectivity index is 1.30. The standard InChI is InChI=1S/C30H28N6OS2/c1-19-18-23(20(2)36(19)30-32-15-17-39-30)28-27(25-11-5-6-14-31-25)34-29(38)35(28)16-13-26(37)33-24-12-7-9-21-8-3-4-10-22(21)24/h3-12,14-15,17-18,27-28H,13,16H2,1-2H3,(H,33,37)(H,34,38)/t27-,28+/m0/s1. The number of amides is 1.